The van der Waals surface area contributed by atoms with Gasteiger partial charge in [-0.15, -0.1) is 0 Å². The smallest absolute Gasteiger partial charge is 0.0102 e. The molecule has 1 heteroatoms. The Bertz CT molecular complexity index is 1320. The minimum Gasteiger partial charge on any atom is -0.294 e. The number of allylic oxidation sites excluding steroid dienone is 12. The molecule has 1 nitrogen and oxygen atoms in total. The van der Waals surface area contributed by atoms with Crippen molar-refractivity contribution in [2.45, 2.75) is 288 Å². The fourth-order valence-electron chi connectivity index (χ4n) is 17.1. The Morgan fingerprint density at radius 2 is 0.418 bits per heavy atom. The number of hydrogen-bond donors (Lipinski definition) is 0. The molecule has 0 unspecified atom stereocenters. The Kier molecular flexibility index (Phi) is 20.5. The monoisotopic (exact) mass is 912 g/mol. The molecule has 0 spiro atoms. The zero-order valence-electron chi connectivity index (χ0n) is 43.8. The van der Waals surface area contributed by atoms with E-state index in [9.17, 15) is 0 Å². The van der Waals surface area contributed by atoms with Crippen molar-refractivity contribution >= 4 is 0 Å². The molecule has 0 N–H and O–H groups in total. The molecule has 9 saturated carbocycles. The van der Waals surface area contributed by atoms with Crippen molar-refractivity contribution in [1.82, 2.24) is 4.90 Å². The van der Waals surface area contributed by atoms with E-state index >= 15 is 0 Å². The second kappa shape index (κ2) is 27.3. The van der Waals surface area contributed by atoms with Crippen LogP contribution in [0.1, 0.15) is 270 Å². The standard InChI is InChI=1S/C66H105N/c1-7-25-55(26-8-1)64(56-27-9-2-10-28-56)37-19-22-52-40-46-61(47-41-52)67(62-48-42-53(43-49-62)23-20-38-65(57-29-11-3-12-30-57)58-31-13-4-14-32-58)63-50-44-54(45-51-63)24-21-39-66(59-33-15-5-16-34-59)60-35-17-6-18-36-60/h19-24,37-39,52-63H,1-18,25-36,40-51H2. The zero-order valence-corrected chi connectivity index (χ0v) is 43.8. The summed E-state index contributed by atoms with van der Waals surface area (Å²) in [7, 11) is 0. The summed E-state index contributed by atoms with van der Waals surface area (Å²) < 4.78 is 0. The van der Waals surface area contributed by atoms with Gasteiger partial charge >= 0.3 is 0 Å². The Labute approximate surface area is 415 Å². The van der Waals surface area contributed by atoms with Crippen LogP contribution in [0.15, 0.2) is 71.4 Å². The maximum Gasteiger partial charge on any atom is 0.0102 e. The average molecular weight is 913 g/mol. The van der Waals surface area contributed by atoms with Gasteiger partial charge in [0.25, 0.3) is 0 Å². The predicted molar refractivity (Wildman–Crippen MR) is 290 cm³/mol. The average Bonchev–Trinajstić information content (AvgIpc) is 3.41. The van der Waals surface area contributed by atoms with Gasteiger partial charge in [-0.25, -0.2) is 0 Å². The topological polar surface area (TPSA) is 3.24 Å². The third kappa shape index (κ3) is 14.7. The Hall–Kier alpha value is -1.60. The summed E-state index contributed by atoms with van der Waals surface area (Å²) in [5, 5.41) is 0. The molecule has 9 aliphatic carbocycles. The van der Waals surface area contributed by atoms with Gasteiger partial charge in [-0.2, -0.15) is 0 Å². The lowest BCUT2D eigenvalue weighted by atomic mass is 9.73. The summed E-state index contributed by atoms with van der Waals surface area (Å²) in [6.45, 7) is 0. The number of rotatable bonds is 15. The van der Waals surface area contributed by atoms with Crippen LogP contribution in [0, 0.1) is 53.3 Å². The van der Waals surface area contributed by atoms with Gasteiger partial charge < -0.3 is 0 Å². The van der Waals surface area contributed by atoms with E-state index in [2.05, 4.69) is 59.6 Å². The second-order valence-electron chi connectivity index (χ2n) is 25.3. The highest BCUT2D eigenvalue weighted by Gasteiger charge is 2.38. The lowest BCUT2D eigenvalue weighted by Crippen LogP contribution is -2.52. The first-order valence-corrected chi connectivity index (χ1v) is 31.2. The van der Waals surface area contributed by atoms with Crippen LogP contribution < -0.4 is 0 Å². The van der Waals surface area contributed by atoms with E-state index in [1.165, 1.54) is 270 Å². The quantitative estimate of drug-likeness (QED) is 0.148. The molecular weight excluding hydrogens is 807 g/mol. The Morgan fingerprint density at radius 1 is 0.224 bits per heavy atom. The first-order valence-electron chi connectivity index (χ1n) is 31.2. The van der Waals surface area contributed by atoms with E-state index in [4.69, 9.17) is 0 Å². The minimum absolute atomic E-state index is 0.787. The summed E-state index contributed by atoms with van der Waals surface area (Å²) in [6.07, 6.45) is 85.0. The van der Waals surface area contributed by atoms with Crippen LogP contribution in [0.2, 0.25) is 0 Å². The molecule has 0 aromatic heterocycles. The van der Waals surface area contributed by atoms with E-state index in [0.717, 1.165) is 71.4 Å². The fourth-order valence-corrected chi connectivity index (χ4v) is 17.1. The van der Waals surface area contributed by atoms with Crippen LogP contribution in [-0.2, 0) is 0 Å². The highest BCUT2D eigenvalue weighted by molar-refractivity contribution is 5.23. The zero-order chi connectivity index (χ0) is 45.3. The molecule has 0 radical (unpaired) electrons. The normalized spacial score (nSPS) is 32.6. The number of hydrogen-bond acceptors (Lipinski definition) is 1. The Balaban J connectivity index is 0.840. The van der Waals surface area contributed by atoms with Crippen molar-refractivity contribution in [1.29, 1.82) is 0 Å². The molecule has 0 bridgehead atoms. The SMILES string of the molecule is C(=CC1CCC(N(C2CCC(C=CC=C(C3CCCCC3)C3CCCCC3)CC2)C2CCC(C=CC=C(C3CCCCC3)C3CCCCC3)CC2)CC1)C=C(C1CCCCC1)C1CCCCC1. The third-order valence-corrected chi connectivity index (χ3v) is 21.0. The molecule has 9 aliphatic rings. The van der Waals surface area contributed by atoms with E-state index < -0.39 is 0 Å². The summed E-state index contributed by atoms with van der Waals surface area (Å²) in [5.74, 6) is 7.67. The van der Waals surface area contributed by atoms with Crippen LogP contribution in [0.5, 0.6) is 0 Å². The van der Waals surface area contributed by atoms with Gasteiger partial charge in [-0.1, -0.05) is 187 Å². The lowest BCUT2D eigenvalue weighted by molar-refractivity contribution is 0.0110. The minimum atomic E-state index is 0.787. The third-order valence-electron chi connectivity index (χ3n) is 21.0. The lowest BCUT2D eigenvalue weighted by Gasteiger charge is -2.49. The van der Waals surface area contributed by atoms with Gasteiger partial charge in [0, 0.05) is 18.1 Å². The van der Waals surface area contributed by atoms with Gasteiger partial charge in [0.1, 0.15) is 0 Å². The van der Waals surface area contributed by atoms with Crippen molar-refractivity contribution < 1.29 is 0 Å². The summed E-state index contributed by atoms with van der Waals surface area (Å²) in [6, 6.07) is 2.42. The van der Waals surface area contributed by atoms with Crippen molar-refractivity contribution in [3.05, 3.63) is 71.4 Å². The van der Waals surface area contributed by atoms with Gasteiger partial charge in [0.15, 0.2) is 0 Å². The van der Waals surface area contributed by atoms with E-state index in [-0.39, 0.29) is 0 Å². The molecule has 9 rings (SSSR count). The molecule has 9 fully saturated rings. The maximum absolute atomic E-state index is 3.26. The van der Waals surface area contributed by atoms with Crippen molar-refractivity contribution in [2.24, 2.45) is 53.3 Å². The van der Waals surface area contributed by atoms with Crippen molar-refractivity contribution in [3.8, 4) is 0 Å². The molecule has 0 amide bonds. The molecule has 0 saturated heterocycles. The van der Waals surface area contributed by atoms with Crippen LogP contribution >= 0.6 is 0 Å². The van der Waals surface area contributed by atoms with E-state index in [1.54, 1.807) is 0 Å². The molecule has 0 aromatic rings. The predicted octanol–water partition coefficient (Wildman–Crippen LogP) is 19.9. The second-order valence-corrected chi connectivity index (χ2v) is 25.3. The molecule has 67 heavy (non-hydrogen) atoms. The molecular formula is C66H105N. The summed E-state index contributed by atoms with van der Waals surface area (Å²) >= 11 is 0. The van der Waals surface area contributed by atoms with Gasteiger partial charge in [0.2, 0.25) is 0 Å². The number of nitrogens with zero attached hydrogens (tertiary/aromatic N) is 1. The molecule has 0 aromatic carbocycles. The fraction of sp³-hybridized carbons (Fsp3) is 0.818. The highest BCUT2D eigenvalue weighted by atomic mass is 15.2. The van der Waals surface area contributed by atoms with E-state index in [0.29, 0.717) is 0 Å². The first kappa shape index (κ1) is 50.3. The Morgan fingerprint density at radius 3 is 0.612 bits per heavy atom. The van der Waals surface area contributed by atoms with Crippen molar-refractivity contribution in [3.63, 3.8) is 0 Å². The molecule has 0 aliphatic heterocycles. The van der Waals surface area contributed by atoms with Crippen LogP contribution in [0.3, 0.4) is 0 Å². The van der Waals surface area contributed by atoms with Gasteiger partial charge in [0.05, 0.1) is 0 Å². The molecule has 374 valence electrons. The van der Waals surface area contributed by atoms with Crippen LogP contribution in [0.4, 0.5) is 0 Å². The summed E-state index contributed by atoms with van der Waals surface area (Å²) in [5.41, 5.74) is 5.63. The van der Waals surface area contributed by atoms with Gasteiger partial charge in [-0.05, 0) is 207 Å². The van der Waals surface area contributed by atoms with E-state index in [1.807, 2.05) is 16.7 Å². The summed E-state index contributed by atoms with van der Waals surface area (Å²) in [4.78, 5) is 3.26. The first-order chi connectivity index (χ1) is 33.2. The van der Waals surface area contributed by atoms with Gasteiger partial charge in [-0.3, -0.25) is 4.90 Å². The molecule has 0 atom stereocenters. The van der Waals surface area contributed by atoms with Crippen LogP contribution in [0.25, 0.3) is 0 Å². The van der Waals surface area contributed by atoms with Crippen LogP contribution in [-0.4, -0.2) is 23.0 Å². The largest absolute Gasteiger partial charge is 0.294 e. The highest BCUT2D eigenvalue weighted by Crippen LogP contribution is 2.44. The maximum atomic E-state index is 3.26. The molecule has 0 heterocycles. The van der Waals surface area contributed by atoms with Crippen molar-refractivity contribution in [2.75, 3.05) is 0 Å².